The molecule has 1 aliphatic carbocycles. The van der Waals surface area contributed by atoms with Crippen molar-refractivity contribution in [3.05, 3.63) is 169 Å². The van der Waals surface area contributed by atoms with Crippen molar-refractivity contribution in [3.63, 3.8) is 0 Å². The fourth-order valence-electron chi connectivity index (χ4n) is 10.1. The maximum atomic E-state index is 6.39. The van der Waals surface area contributed by atoms with Crippen LogP contribution in [0.3, 0.4) is 0 Å². The zero-order chi connectivity index (χ0) is 36.2. The second-order valence-electron chi connectivity index (χ2n) is 15.7. The second kappa shape index (κ2) is 10.1. The zero-order valence-corrected chi connectivity index (χ0v) is 30.2. The SMILES string of the molecule is CC1(C)c2cc3c(cc2-c2cc4c5ccccc5n(-c5cccc6oc7ccccc7c56)c4cc21)c1ccccc1n3-c1cccc2oc3ccccc3c12. The maximum absolute atomic E-state index is 6.39. The number of fused-ring (bicyclic) bond motifs is 15. The quantitative estimate of drug-likeness (QED) is 0.180. The van der Waals surface area contributed by atoms with Gasteiger partial charge in [0, 0.05) is 37.7 Å². The third kappa shape index (κ3) is 3.66. The standard InChI is InChI=1S/C51H32N2O2/c1-51(2)37-27-43-35(29-13-3-7-17-39(29)52(43)41-19-11-23-47-49(41)31-15-5-9-21-45(31)54-47)25-33(37)34-26-36-30-14-4-8-18-40(30)53(44(36)28-38(34)51)42-20-12-24-48-50(42)32-16-6-10-22-46(32)55-48/h3-28H,1-2H3. The van der Waals surface area contributed by atoms with Gasteiger partial charge in [-0.15, -0.1) is 0 Å². The predicted octanol–water partition coefficient (Wildman–Crippen LogP) is 14.0. The zero-order valence-electron chi connectivity index (χ0n) is 30.2. The van der Waals surface area contributed by atoms with Crippen molar-refractivity contribution >= 4 is 87.5 Å². The number of aromatic nitrogens is 2. The van der Waals surface area contributed by atoms with Gasteiger partial charge in [-0.3, -0.25) is 0 Å². The number of rotatable bonds is 2. The van der Waals surface area contributed by atoms with Crippen LogP contribution in [0.2, 0.25) is 0 Å². The Morgan fingerprint density at radius 3 is 1.24 bits per heavy atom. The van der Waals surface area contributed by atoms with Gasteiger partial charge >= 0.3 is 0 Å². The summed E-state index contributed by atoms with van der Waals surface area (Å²) < 4.78 is 17.7. The molecule has 0 N–H and O–H groups in total. The van der Waals surface area contributed by atoms with E-state index in [2.05, 4.69) is 169 Å². The van der Waals surface area contributed by atoms with E-state index in [0.29, 0.717) is 0 Å². The van der Waals surface area contributed by atoms with Crippen LogP contribution in [0.15, 0.2) is 167 Å². The van der Waals surface area contributed by atoms with E-state index in [1.54, 1.807) is 0 Å². The Morgan fingerprint density at radius 2 is 0.764 bits per heavy atom. The molecule has 0 unspecified atom stereocenters. The smallest absolute Gasteiger partial charge is 0.137 e. The third-order valence-corrected chi connectivity index (χ3v) is 12.5. The minimum absolute atomic E-state index is 0.252. The number of para-hydroxylation sites is 4. The molecular formula is C51H32N2O2. The molecule has 0 aliphatic heterocycles. The van der Waals surface area contributed by atoms with E-state index >= 15 is 0 Å². The Bertz CT molecular complexity index is 3400. The van der Waals surface area contributed by atoms with Crippen molar-refractivity contribution in [2.75, 3.05) is 0 Å². The minimum atomic E-state index is -0.252. The van der Waals surface area contributed by atoms with E-state index in [4.69, 9.17) is 8.83 Å². The number of hydrogen-bond acceptors (Lipinski definition) is 2. The highest BCUT2D eigenvalue weighted by molar-refractivity contribution is 6.18. The lowest BCUT2D eigenvalue weighted by Gasteiger charge is -2.22. The van der Waals surface area contributed by atoms with Crippen LogP contribution in [0.25, 0.3) is 110 Å². The fraction of sp³-hybridized carbons (Fsp3) is 0.0588. The normalized spacial score (nSPS) is 13.8. The molecule has 4 heterocycles. The first kappa shape index (κ1) is 29.4. The van der Waals surface area contributed by atoms with Crippen molar-refractivity contribution in [3.8, 4) is 22.5 Å². The van der Waals surface area contributed by atoms with Crippen LogP contribution in [-0.4, -0.2) is 9.13 Å². The molecule has 13 rings (SSSR count). The monoisotopic (exact) mass is 704 g/mol. The van der Waals surface area contributed by atoms with Crippen LogP contribution in [0.4, 0.5) is 0 Å². The van der Waals surface area contributed by atoms with Crippen LogP contribution in [0, 0.1) is 0 Å². The van der Waals surface area contributed by atoms with Crippen LogP contribution in [0.5, 0.6) is 0 Å². The molecule has 55 heavy (non-hydrogen) atoms. The fourth-order valence-corrected chi connectivity index (χ4v) is 10.1. The molecule has 0 radical (unpaired) electrons. The van der Waals surface area contributed by atoms with Crippen LogP contribution in [0.1, 0.15) is 25.0 Å². The summed E-state index contributed by atoms with van der Waals surface area (Å²) in [6, 6.07) is 57.2. The minimum Gasteiger partial charge on any atom is -0.456 e. The first-order valence-corrected chi connectivity index (χ1v) is 19.0. The molecule has 8 aromatic carbocycles. The highest BCUT2D eigenvalue weighted by Crippen LogP contribution is 2.53. The Kier molecular flexibility index (Phi) is 5.42. The summed E-state index contributed by atoms with van der Waals surface area (Å²) in [5, 5.41) is 9.54. The summed E-state index contributed by atoms with van der Waals surface area (Å²) in [5.74, 6) is 0. The Balaban J connectivity index is 1.11. The number of nitrogens with zero attached hydrogens (tertiary/aromatic N) is 2. The molecule has 4 nitrogen and oxygen atoms in total. The van der Waals surface area contributed by atoms with Gasteiger partial charge in [-0.2, -0.15) is 0 Å². The Morgan fingerprint density at radius 1 is 0.364 bits per heavy atom. The van der Waals surface area contributed by atoms with Crippen LogP contribution in [-0.2, 0) is 5.41 Å². The second-order valence-corrected chi connectivity index (χ2v) is 15.7. The number of hydrogen-bond donors (Lipinski definition) is 0. The molecule has 0 fully saturated rings. The number of benzene rings is 8. The summed E-state index contributed by atoms with van der Waals surface area (Å²) in [7, 11) is 0. The molecule has 1 aliphatic rings. The molecular weight excluding hydrogens is 673 g/mol. The first-order chi connectivity index (χ1) is 27.0. The molecule has 258 valence electrons. The van der Waals surface area contributed by atoms with Gasteiger partial charge in [0.1, 0.15) is 22.3 Å². The van der Waals surface area contributed by atoms with Crippen molar-refractivity contribution < 1.29 is 8.83 Å². The summed E-state index contributed by atoms with van der Waals surface area (Å²) in [4.78, 5) is 0. The van der Waals surface area contributed by atoms with E-state index in [0.717, 1.165) is 55.3 Å². The van der Waals surface area contributed by atoms with Gasteiger partial charge in [0.2, 0.25) is 0 Å². The molecule has 0 saturated heterocycles. The number of furan rings is 2. The lowest BCUT2D eigenvalue weighted by molar-refractivity contribution is 0.661. The van der Waals surface area contributed by atoms with Gasteiger partial charge in [-0.25, -0.2) is 0 Å². The van der Waals surface area contributed by atoms with Gasteiger partial charge in [-0.05, 0) is 95.1 Å². The maximum Gasteiger partial charge on any atom is 0.137 e. The van der Waals surface area contributed by atoms with Gasteiger partial charge < -0.3 is 18.0 Å². The molecule has 0 spiro atoms. The van der Waals surface area contributed by atoms with Crippen molar-refractivity contribution in [2.24, 2.45) is 0 Å². The van der Waals surface area contributed by atoms with E-state index in [-0.39, 0.29) is 5.41 Å². The van der Waals surface area contributed by atoms with Crippen LogP contribution < -0.4 is 0 Å². The lowest BCUT2D eigenvalue weighted by Crippen LogP contribution is -2.15. The topological polar surface area (TPSA) is 36.1 Å². The summed E-state index contributed by atoms with van der Waals surface area (Å²) in [6.07, 6.45) is 0. The molecule has 4 heteroatoms. The van der Waals surface area contributed by atoms with Crippen LogP contribution >= 0.6 is 0 Å². The highest BCUT2D eigenvalue weighted by atomic mass is 16.3. The molecule has 0 saturated carbocycles. The van der Waals surface area contributed by atoms with E-state index in [1.807, 2.05) is 12.1 Å². The lowest BCUT2D eigenvalue weighted by atomic mass is 9.82. The average molecular weight is 705 g/mol. The summed E-state index contributed by atoms with van der Waals surface area (Å²) in [6.45, 7) is 4.79. The van der Waals surface area contributed by atoms with Gasteiger partial charge in [0.15, 0.2) is 0 Å². The molecule has 12 aromatic rings. The average Bonchev–Trinajstić information content (AvgIpc) is 4.00. The van der Waals surface area contributed by atoms with Crippen molar-refractivity contribution in [1.29, 1.82) is 0 Å². The van der Waals surface area contributed by atoms with Gasteiger partial charge in [-0.1, -0.05) is 98.8 Å². The summed E-state index contributed by atoms with van der Waals surface area (Å²) >= 11 is 0. The Labute approximate surface area is 315 Å². The van der Waals surface area contributed by atoms with E-state index < -0.39 is 0 Å². The predicted molar refractivity (Wildman–Crippen MR) is 227 cm³/mol. The van der Waals surface area contributed by atoms with E-state index in [1.165, 1.54) is 65.9 Å². The van der Waals surface area contributed by atoms with Gasteiger partial charge in [0.25, 0.3) is 0 Å². The third-order valence-electron chi connectivity index (χ3n) is 12.5. The van der Waals surface area contributed by atoms with Crippen molar-refractivity contribution in [2.45, 2.75) is 19.3 Å². The summed E-state index contributed by atoms with van der Waals surface area (Å²) in [5.41, 5.74) is 15.7. The molecule has 4 aromatic heterocycles. The first-order valence-electron chi connectivity index (χ1n) is 19.0. The van der Waals surface area contributed by atoms with Crippen molar-refractivity contribution in [1.82, 2.24) is 9.13 Å². The molecule has 0 atom stereocenters. The molecule has 0 amide bonds. The Hall–Kier alpha value is -7.04. The highest BCUT2D eigenvalue weighted by Gasteiger charge is 2.38. The largest absolute Gasteiger partial charge is 0.456 e. The van der Waals surface area contributed by atoms with Gasteiger partial charge in [0.05, 0.1) is 44.2 Å². The van der Waals surface area contributed by atoms with E-state index in [9.17, 15) is 0 Å². The molecule has 0 bridgehead atoms.